The Morgan fingerprint density at radius 1 is 1.12 bits per heavy atom. The van der Waals surface area contributed by atoms with Gasteiger partial charge in [-0.3, -0.25) is 4.79 Å². The summed E-state index contributed by atoms with van der Waals surface area (Å²) in [4.78, 5) is 13.8. The van der Waals surface area contributed by atoms with E-state index in [1.807, 2.05) is 0 Å². The van der Waals surface area contributed by atoms with Crippen molar-refractivity contribution in [3.8, 4) is 0 Å². The van der Waals surface area contributed by atoms with Crippen LogP contribution in [0.25, 0.3) is 0 Å². The number of alkyl halides is 1. The van der Waals surface area contributed by atoms with Crippen LogP contribution < -0.4 is 4.90 Å². The molecule has 0 aromatic carbocycles. The third kappa shape index (κ3) is 4.19. The van der Waals surface area contributed by atoms with Crippen LogP contribution in [0.5, 0.6) is 0 Å². The van der Waals surface area contributed by atoms with E-state index in [4.69, 9.17) is 0 Å². The topological polar surface area (TPSA) is 21.5 Å². The van der Waals surface area contributed by atoms with Crippen molar-refractivity contribution in [1.29, 1.82) is 0 Å². The molecule has 0 unspecified atom stereocenters. The first kappa shape index (κ1) is 13.8. The molecule has 1 N–H and O–H groups in total. The van der Waals surface area contributed by atoms with E-state index in [1.54, 1.807) is 4.90 Å². The van der Waals surface area contributed by atoms with E-state index in [-0.39, 0.29) is 0 Å². The normalized spacial score (nSPS) is 38.9. The summed E-state index contributed by atoms with van der Waals surface area (Å²) in [6.07, 6.45) is 7.42. The summed E-state index contributed by atoms with van der Waals surface area (Å²) in [5.41, 5.74) is 0. The van der Waals surface area contributed by atoms with Crippen molar-refractivity contribution < 1.29 is 9.69 Å². The number of ketones is 1. The molecular formula is C14H25INO+. The molecule has 2 aliphatic rings. The molecule has 1 saturated carbocycles. The van der Waals surface area contributed by atoms with Crippen LogP contribution in [0, 0.1) is 11.8 Å². The first-order valence-electron chi connectivity index (χ1n) is 7.15. The van der Waals surface area contributed by atoms with Crippen molar-refractivity contribution >= 4 is 28.4 Å². The lowest BCUT2D eigenvalue weighted by molar-refractivity contribution is -0.898. The second kappa shape index (κ2) is 6.50. The molecule has 0 aromatic heterocycles. The molecular weight excluding hydrogens is 325 g/mol. The van der Waals surface area contributed by atoms with E-state index in [9.17, 15) is 4.79 Å². The third-order valence-corrected chi connectivity index (χ3v) is 5.76. The Morgan fingerprint density at radius 2 is 1.71 bits per heavy atom. The van der Waals surface area contributed by atoms with E-state index < -0.39 is 0 Å². The maximum Gasteiger partial charge on any atom is 0.189 e. The first-order valence-corrected chi connectivity index (χ1v) is 8.40. The van der Waals surface area contributed by atoms with Gasteiger partial charge >= 0.3 is 0 Å². The zero-order chi connectivity index (χ0) is 12.3. The number of Topliss-reactive ketones (excluding diaryl/α,β-unsaturated/α-hetero) is 1. The Hall–Kier alpha value is 0.360. The highest BCUT2D eigenvalue weighted by Gasteiger charge is 2.28. The molecule has 0 bridgehead atoms. The van der Waals surface area contributed by atoms with Gasteiger partial charge in [0.25, 0.3) is 0 Å². The molecule has 0 aromatic rings. The molecule has 0 spiro atoms. The van der Waals surface area contributed by atoms with Gasteiger partial charge in [-0.2, -0.15) is 0 Å². The van der Waals surface area contributed by atoms with Gasteiger partial charge in [-0.05, 0) is 44.4 Å². The molecule has 1 aliphatic heterocycles. The summed E-state index contributed by atoms with van der Waals surface area (Å²) in [7, 11) is 0. The van der Waals surface area contributed by atoms with Crippen LogP contribution in [0.3, 0.4) is 0 Å². The van der Waals surface area contributed by atoms with Crippen molar-refractivity contribution in [3.05, 3.63) is 0 Å². The lowest BCUT2D eigenvalue weighted by Crippen LogP contribution is -3.14. The van der Waals surface area contributed by atoms with Crippen molar-refractivity contribution in [3.63, 3.8) is 0 Å². The predicted octanol–water partition coefficient (Wildman–Crippen LogP) is 1.86. The second-order valence-electron chi connectivity index (χ2n) is 6.02. The van der Waals surface area contributed by atoms with E-state index in [1.165, 1.54) is 38.8 Å². The number of halogens is 1. The zero-order valence-electron chi connectivity index (χ0n) is 10.9. The summed E-state index contributed by atoms with van der Waals surface area (Å²) in [5, 5.41) is 0. The monoisotopic (exact) mass is 350 g/mol. The van der Waals surface area contributed by atoms with Crippen LogP contribution in [0.15, 0.2) is 0 Å². The molecule has 2 nitrogen and oxygen atoms in total. The summed E-state index contributed by atoms with van der Waals surface area (Å²) in [5.74, 6) is 1.83. The molecule has 0 atom stereocenters. The van der Waals surface area contributed by atoms with E-state index >= 15 is 0 Å². The fourth-order valence-corrected chi connectivity index (χ4v) is 3.83. The fraction of sp³-hybridized carbons (Fsp3) is 0.929. The van der Waals surface area contributed by atoms with Crippen LogP contribution in [0.4, 0.5) is 0 Å². The van der Waals surface area contributed by atoms with Crippen LogP contribution >= 0.6 is 22.6 Å². The third-order valence-electron chi connectivity index (χ3n) is 4.52. The molecule has 98 valence electrons. The minimum Gasteiger partial charge on any atom is -0.329 e. The highest BCUT2D eigenvalue weighted by Crippen LogP contribution is 2.29. The number of quaternary nitrogens is 1. The Morgan fingerprint density at radius 3 is 2.29 bits per heavy atom. The number of carbonyl (C=O) groups excluding carboxylic acids is 1. The highest BCUT2D eigenvalue weighted by atomic mass is 127. The van der Waals surface area contributed by atoms with Gasteiger partial charge in [0.1, 0.15) is 6.54 Å². The van der Waals surface area contributed by atoms with Gasteiger partial charge in [0, 0.05) is 9.84 Å². The number of rotatable bonds is 3. The maximum absolute atomic E-state index is 12.2. The van der Waals surface area contributed by atoms with Crippen LogP contribution in [-0.2, 0) is 4.79 Å². The minimum atomic E-state index is 0.396. The molecule has 1 aliphatic carbocycles. The lowest BCUT2D eigenvalue weighted by atomic mass is 9.86. The smallest absolute Gasteiger partial charge is 0.189 e. The molecule has 3 heteroatoms. The molecule has 0 radical (unpaired) electrons. The molecule has 17 heavy (non-hydrogen) atoms. The first-order chi connectivity index (χ1) is 8.15. The Labute approximate surface area is 119 Å². The van der Waals surface area contributed by atoms with E-state index in [0.29, 0.717) is 11.7 Å². The van der Waals surface area contributed by atoms with Gasteiger partial charge in [0.15, 0.2) is 5.78 Å². The second-order valence-corrected chi connectivity index (χ2v) is 7.79. The molecule has 1 heterocycles. The summed E-state index contributed by atoms with van der Waals surface area (Å²) in [6.45, 7) is 5.58. The van der Waals surface area contributed by atoms with Crippen molar-refractivity contribution in [2.45, 2.75) is 49.4 Å². The molecule has 2 fully saturated rings. The Kier molecular flexibility index (Phi) is 5.27. The van der Waals surface area contributed by atoms with Gasteiger partial charge in [-0.1, -0.05) is 29.5 Å². The largest absolute Gasteiger partial charge is 0.329 e. The van der Waals surface area contributed by atoms with Crippen molar-refractivity contribution in [1.82, 2.24) is 0 Å². The van der Waals surface area contributed by atoms with Crippen molar-refractivity contribution in [2.75, 3.05) is 19.6 Å². The summed E-state index contributed by atoms with van der Waals surface area (Å²) < 4.78 is 0.819. The number of hydrogen-bond donors (Lipinski definition) is 1. The number of piperidine rings is 1. The number of likely N-dealkylation sites (tertiary alicyclic amines) is 1. The standard InChI is InChI=1S/C14H24INO/c1-11-6-8-16(9-7-11)10-14(17)12-2-4-13(15)5-3-12/h11-13H,2-10H2,1H3/p+1. The van der Waals surface area contributed by atoms with E-state index in [2.05, 4.69) is 29.5 Å². The fourth-order valence-electron chi connectivity index (χ4n) is 3.11. The quantitative estimate of drug-likeness (QED) is 0.609. The SMILES string of the molecule is CC1CC[NH+](CC(=O)C2CCC(I)CC2)CC1. The maximum atomic E-state index is 12.2. The van der Waals surface area contributed by atoms with Crippen molar-refractivity contribution in [2.24, 2.45) is 11.8 Å². The zero-order valence-corrected chi connectivity index (χ0v) is 13.0. The number of carbonyl (C=O) groups is 1. The summed E-state index contributed by atoms with van der Waals surface area (Å²) >= 11 is 2.53. The number of nitrogens with one attached hydrogen (secondary N) is 1. The average molecular weight is 350 g/mol. The lowest BCUT2D eigenvalue weighted by Gasteiger charge is -2.29. The highest BCUT2D eigenvalue weighted by molar-refractivity contribution is 14.1. The predicted molar refractivity (Wildman–Crippen MR) is 78.7 cm³/mol. The Bertz CT molecular complexity index is 253. The average Bonchev–Trinajstić information content (AvgIpc) is 2.33. The van der Waals surface area contributed by atoms with Crippen LogP contribution in [0.1, 0.15) is 45.4 Å². The van der Waals surface area contributed by atoms with Crippen LogP contribution in [0.2, 0.25) is 0 Å². The molecule has 2 rings (SSSR count). The van der Waals surface area contributed by atoms with E-state index in [0.717, 1.165) is 29.2 Å². The molecule has 1 saturated heterocycles. The van der Waals surface area contributed by atoms with Gasteiger partial charge in [0.05, 0.1) is 13.1 Å². The number of hydrogen-bond acceptors (Lipinski definition) is 1. The van der Waals surface area contributed by atoms with Gasteiger partial charge in [-0.15, -0.1) is 0 Å². The van der Waals surface area contributed by atoms with Gasteiger partial charge in [-0.25, -0.2) is 0 Å². The minimum absolute atomic E-state index is 0.396. The van der Waals surface area contributed by atoms with Gasteiger partial charge < -0.3 is 4.90 Å². The summed E-state index contributed by atoms with van der Waals surface area (Å²) in [6, 6.07) is 0. The Balaban J connectivity index is 1.73. The molecule has 0 amide bonds. The van der Waals surface area contributed by atoms with Crippen LogP contribution in [-0.4, -0.2) is 29.3 Å². The van der Waals surface area contributed by atoms with Gasteiger partial charge in [0.2, 0.25) is 0 Å².